The van der Waals surface area contributed by atoms with Crippen LogP contribution in [0.25, 0.3) is 33.8 Å². The molecule has 1 aliphatic carbocycles. The van der Waals surface area contributed by atoms with E-state index in [4.69, 9.17) is 9.72 Å². The van der Waals surface area contributed by atoms with Gasteiger partial charge in [0.2, 0.25) is 10.0 Å². The molecule has 11 nitrogen and oxygen atoms in total. The van der Waals surface area contributed by atoms with Gasteiger partial charge < -0.3 is 18.8 Å². The lowest BCUT2D eigenvalue weighted by atomic mass is 9.81. The predicted molar refractivity (Wildman–Crippen MR) is 214 cm³/mol. The number of rotatable bonds is 8. The highest BCUT2D eigenvalue weighted by Gasteiger charge is 2.35. The molecule has 2 fully saturated rings. The summed E-state index contributed by atoms with van der Waals surface area (Å²) in [5.74, 6) is 0.302. The molecule has 54 heavy (non-hydrogen) atoms. The van der Waals surface area contributed by atoms with Crippen molar-refractivity contribution in [3.05, 3.63) is 70.8 Å². The first kappa shape index (κ1) is 37.9. The molecule has 1 N–H and O–H groups in total. The van der Waals surface area contributed by atoms with Gasteiger partial charge in [0.1, 0.15) is 5.75 Å². The summed E-state index contributed by atoms with van der Waals surface area (Å²) in [6.45, 7) is 13.2. The highest BCUT2D eigenvalue weighted by molar-refractivity contribution is 7.90. The van der Waals surface area contributed by atoms with Gasteiger partial charge in [0.15, 0.2) is 5.69 Å². The number of ether oxygens (including phenoxy) is 1. The minimum Gasteiger partial charge on any atom is -0.497 e. The Balaban J connectivity index is 1.46. The Morgan fingerprint density at radius 1 is 0.944 bits per heavy atom. The van der Waals surface area contributed by atoms with Crippen LogP contribution in [0.5, 0.6) is 5.75 Å². The van der Waals surface area contributed by atoms with E-state index in [-0.39, 0.29) is 29.6 Å². The van der Waals surface area contributed by atoms with Gasteiger partial charge in [-0.05, 0) is 120 Å². The average Bonchev–Trinajstić information content (AvgIpc) is 3.68. The molecule has 1 saturated heterocycles. The van der Waals surface area contributed by atoms with Crippen molar-refractivity contribution >= 4 is 44.4 Å². The summed E-state index contributed by atoms with van der Waals surface area (Å²) in [4.78, 5) is 37.2. The van der Waals surface area contributed by atoms with Crippen molar-refractivity contribution < 1.29 is 22.7 Å². The minimum absolute atomic E-state index is 0.0187. The van der Waals surface area contributed by atoms with Gasteiger partial charge in [-0.1, -0.05) is 25.3 Å². The summed E-state index contributed by atoms with van der Waals surface area (Å²) in [7, 11) is -0.0629. The molecule has 4 aromatic rings. The molecule has 288 valence electrons. The molecular weight excluding hydrogens is 701 g/mol. The molecule has 0 spiro atoms. The first-order chi connectivity index (χ1) is 25.7. The molecule has 3 aliphatic rings. The van der Waals surface area contributed by atoms with E-state index in [0.717, 1.165) is 70.4 Å². The largest absolute Gasteiger partial charge is 0.497 e. The Labute approximate surface area is 319 Å². The second-order valence-electron chi connectivity index (χ2n) is 16.1. The molecule has 2 atom stereocenters. The number of benzene rings is 2. The number of aromatic nitrogens is 3. The van der Waals surface area contributed by atoms with Gasteiger partial charge in [0.05, 0.1) is 36.6 Å². The van der Waals surface area contributed by atoms with E-state index < -0.39 is 21.2 Å². The number of nitrogens with zero attached hydrogens (tertiary/aromatic N) is 5. The number of hydrogen-bond donors (Lipinski definition) is 1. The number of carbonyl (C=O) groups is 2. The van der Waals surface area contributed by atoms with Gasteiger partial charge >= 0.3 is 0 Å². The van der Waals surface area contributed by atoms with Crippen LogP contribution in [0.1, 0.15) is 123 Å². The van der Waals surface area contributed by atoms with Crippen molar-refractivity contribution in [2.75, 3.05) is 27.2 Å². The zero-order chi connectivity index (χ0) is 38.6. The molecule has 1 unspecified atom stereocenters. The molecule has 2 amide bonds. The lowest BCUT2D eigenvalue weighted by Gasteiger charge is -2.42. The average molecular weight is 755 g/mol. The SMILES string of the molecule is COc1ccc2c(c1)C=C(c1c(C(=O)N3CC(C)N(C)[C@H](C)C3)ncn1C(C)C)Cn1c-2c(C2CCCCC2)c2ccc(C(=O)NS(=O)(=O)C(C)C)cc21. The Hall–Kier alpha value is -4.42. The number of amides is 2. The van der Waals surface area contributed by atoms with Crippen LogP contribution in [-0.2, 0) is 16.6 Å². The first-order valence-corrected chi connectivity index (χ1v) is 20.9. The minimum atomic E-state index is -3.84. The molecular formula is C42H54N6O5S. The maximum Gasteiger partial charge on any atom is 0.274 e. The van der Waals surface area contributed by atoms with E-state index in [1.54, 1.807) is 33.4 Å². The number of imidazole rings is 1. The predicted octanol–water partition coefficient (Wildman–Crippen LogP) is 7.33. The van der Waals surface area contributed by atoms with Crippen LogP contribution >= 0.6 is 0 Å². The number of allylic oxidation sites excluding steroid dienone is 1. The topological polar surface area (TPSA) is 119 Å². The Morgan fingerprint density at radius 2 is 1.65 bits per heavy atom. The van der Waals surface area contributed by atoms with Crippen molar-refractivity contribution in [1.82, 2.24) is 28.6 Å². The van der Waals surface area contributed by atoms with Gasteiger partial charge in [-0.15, -0.1) is 0 Å². The number of hydrogen-bond acceptors (Lipinski definition) is 7. The van der Waals surface area contributed by atoms with E-state index in [0.29, 0.717) is 31.2 Å². The third kappa shape index (κ3) is 6.76. The summed E-state index contributed by atoms with van der Waals surface area (Å²) in [5, 5.41) is 0.297. The van der Waals surface area contributed by atoms with E-state index in [2.05, 4.69) is 71.7 Å². The number of sulfonamides is 1. The summed E-state index contributed by atoms with van der Waals surface area (Å²) in [5.41, 5.74) is 7.58. The molecule has 2 aliphatic heterocycles. The highest BCUT2D eigenvalue weighted by atomic mass is 32.2. The second-order valence-corrected chi connectivity index (χ2v) is 18.3. The number of carbonyl (C=O) groups excluding carboxylic acids is 2. The van der Waals surface area contributed by atoms with E-state index in [1.165, 1.54) is 12.0 Å². The van der Waals surface area contributed by atoms with E-state index >= 15 is 0 Å². The Bertz CT molecular complexity index is 2230. The number of nitrogens with one attached hydrogen (secondary N) is 1. The van der Waals surface area contributed by atoms with Crippen molar-refractivity contribution in [3.8, 4) is 17.0 Å². The van der Waals surface area contributed by atoms with Crippen molar-refractivity contribution in [2.45, 2.75) is 109 Å². The van der Waals surface area contributed by atoms with Crippen LogP contribution in [0.4, 0.5) is 0 Å². The van der Waals surface area contributed by atoms with Crippen LogP contribution in [-0.4, -0.2) is 88.7 Å². The number of likely N-dealkylation sites (N-methyl/N-ethyl adjacent to an activating group) is 1. The van der Waals surface area contributed by atoms with Crippen LogP contribution in [0.2, 0.25) is 0 Å². The summed E-state index contributed by atoms with van der Waals surface area (Å²) in [6, 6.07) is 12.2. The standard InChI is InChI=1S/C42H54N6O5S/c1-25(2)48-24-43-38(42(50)46-21-27(5)45(7)28(6)22-46)39(48)32-18-31-19-33(53-8)15-17-34(31)40-37(29-12-10-9-11-13-29)35-16-14-30(20-36(35)47(40)23-32)41(49)44-54(51,52)26(3)4/h14-20,24-29H,9-13,21-23H2,1-8H3,(H,44,49)/t27-,28?/m1/s1. The zero-order valence-corrected chi connectivity index (χ0v) is 33.7. The number of methoxy groups -OCH3 is 1. The molecule has 7 rings (SSSR count). The van der Waals surface area contributed by atoms with Crippen LogP contribution in [0.3, 0.4) is 0 Å². The van der Waals surface area contributed by atoms with Crippen molar-refractivity contribution in [1.29, 1.82) is 0 Å². The van der Waals surface area contributed by atoms with Gasteiger partial charge in [0, 0.05) is 53.2 Å². The smallest absolute Gasteiger partial charge is 0.274 e. The van der Waals surface area contributed by atoms with Gasteiger partial charge in [-0.2, -0.15) is 0 Å². The maximum absolute atomic E-state index is 14.6. The highest BCUT2D eigenvalue weighted by Crippen LogP contribution is 2.48. The van der Waals surface area contributed by atoms with E-state index in [9.17, 15) is 18.0 Å². The maximum atomic E-state index is 14.6. The molecule has 12 heteroatoms. The number of fused-ring (bicyclic) bond motifs is 5. The first-order valence-electron chi connectivity index (χ1n) is 19.4. The quantitative estimate of drug-likeness (QED) is 0.200. The second kappa shape index (κ2) is 14.7. The fourth-order valence-electron chi connectivity index (χ4n) is 8.58. The fourth-order valence-corrected chi connectivity index (χ4v) is 9.19. The van der Waals surface area contributed by atoms with Crippen molar-refractivity contribution in [2.24, 2.45) is 0 Å². The van der Waals surface area contributed by atoms with Gasteiger partial charge in [0.25, 0.3) is 11.8 Å². The molecule has 2 aromatic carbocycles. The Kier molecular flexibility index (Phi) is 10.3. The van der Waals surface area contributed by atoms with Crippen LogP contribution < -0.4 is 9.46 Å². The van der Waals surface area contributed by atoms with Crippen molar-refractivity contribution in [3.63, 3.8) is 0 Å². The summed E-state index contributed by atoms with van der Waals surface area (Å²) < 4.78 is 38.0. The molecule has 1 saturated carbocycles. The lowest BCUT2D eigenvalue weighted by molar-refractivity contribution is 0.0409. The van der Waals surface area contributed by atoms with Gasteiger partial charge in [-0.25, -0.2) is 18.1 Å². The molecule has 4 heterocycles. The summed E-state index contributed by atoms with van der Waals surface area (Å²) >= 11 is 0. The monoisotopic (exact) mass is 754 g/mol. The lowest BCUT2D eigenvalue weighted by Crippen LogP contribution is -2.56. The number of piperazine rings is 1. The van der Waals surface area contributed by atoms with Crippen LogP contribution in [0.15, 0.2) is 42.7 Å². The Morgan fingerprint density at radius 3 is 2.30 bits per heavy atom. The summed E-state index contributed by atoms with van der Waals surface area (Å²) in [6.07, 6.45) is 9.58. The normalized spacial score (nSPS) is 19.8. The van der Waals surface area contributed by atoms with Gasteiger partial charge in [-0.3, -0.25) is 14.5 Å². The van der Waals surface area contributed by atoms with Crippen LogP contribution in [0, 0.1) is 0 Å². The molecule has 0 bridgehead atoms. The molecule has 2 aromatic heterocycles. The third-order valence-corrected chi connectivity index (χ3v) is 13.6. The fraction of sp³-hybridized carbons (Fsp3) is 0.500. The molecule has 0 radical (unpaired) electrons. The van der Waals surface area contributed by atoms with E-state index in [1.807, 2.05) is 23.1 Å². The third-order valence-electron chi connectivity index (χ3n) is 11.9. The zero-order valence-electron chi connectivity index (χ0n) is 32.8.